The van der Waals surface area contributed by atoms with Crippen LogP contribution < -0.4 is 5.73 Å². The third kappa shape index (κ3) is 2.15. The molecule has 0 saturated carbocycles. The molecule has 2 N–H and O–H groups in total. The molecule has 0 spiro atoms. The Kier molecular flexibility index (Phi) is 3.15. The lowest BCUT2D eigenvalue weighted by Gasteiger charge is -2.26. The lowest BCUT2D eigenvalue weighted by molar-refractivity contribution is 0.335. The van der Waals surface area contributed by atoms with Crippen molar-refractivity contribution in [3.63, 3.8) is 0 Å². The van der Waals surface area contributed by atoms with Gasteiger partial charge in [-0.2, -0.15) is 4.31 Å². The van der Waals surface area contributed by atoms with E-state index >= 15 is 0 Å². The maximum atomic E-state index is 12.6. The van der Waals surface area contributed by atoms with Crippen molar-refractivity contribution < 1.29 is 8.42 Å². The van der Waals surface area contributed by atoms with Crippen LogP contribution in [-0.4, -0.2) is 34.0 Å². The molecule has 2 aromatic rings. The first-order valence-electron chi connectivity index (χ1n) is 5.90. The van der Waals surface area contributed by atoms with Crippen LogP contribution in [0.1, 0.15) is 5.82 Å². The average molecular weight is 314 g/mol. The summed E-state index contributed by atoms with van der Waals surface area (Å²) in [7, 11) is -3.70. The van der Waals surface area contributed by atoms with Crippen molar-refractivity contribution >= 4 is 27.3 Å². The number of hydrogen-bond acceptors (Lipinski definition) is 5. The van der Waals surface area contributed by atoms with Gasteiger partial charge in [0.1, 0.15) is 17.0 Å². The number of aromatic nitrogens is 3. The van der Waals surface area contributed by atoms with Crippen LogP contribution in [0.5, 0.6) is 0 Å². The Labute approximate surface area is 121 Å². The Morgan fingerprint density at radius 2 is 2.10 bits per heavy atom. The van der Waals surface area contributed by atoms with Gasteiger partial charge in [0.05, 0.1) is 11.6 Å². The van der Waals surface area contributed by atoms with E-state index in [0.717, 1.165) is 0 Å². The summed E-state index contributed by atoms with van der Waals surface area (Å²) in [5.41, 5.74) is 6.00. The summed E-state index contributed by atoms with van der Waals surface area (Å²) in [5, 5.41) is 7.83. The van der Waals surface area contributed by atoms with Crippen molar-refractivity contribution in [2.45, 2.75) is 18.0 Å². The third-order valence-electron chi connectivity index (χ3n) is 3.18. The summed E-state index contributed by atoms with van der Waals surface area (Å²) in [4.78, 5) is 0.0205. The zero-order valence-electron chi connectivity index (χ0n) is 10.4. The lowest BCUT2D eigenvalue weighted by atomic mass is 10.3. The molecule has 0 radical (unpaired) electrons. The van der Waals surface area contributed by atoms with Crippen LogP contribution in [0.15, 0.2) is 29.4 Å². The molecule has 9 heteroatoms. The van der Waals surface area contributed by atoms with Crippen molar-refractivity contribution in [3.8, 4) is 0 Å². The minimum atomic E-state index is -3.70. The predicted octanol–water partition coefficient (Wildman–Crippen LogP) is 0.718. The molecular weight excluding hydrogens is 302 g/mol. The van der Waals surface area contributed by atoms with Crippen LogP contribution in [0, 0.1) is 0 Å². The molecule has 106 valence electrons. The van der Waals surface area contributed by atoms with Gasteiger partial charge < -0.3 is 10.3 Å². The topological polar surface area (TPSA) is 94.1 Å². The molecule has 0 amide bonds. The second-order valence-corrected chi connectivity index (χ2v) is 6.78. The van der Waals surface area contributed by atoms with E-state index in [0.29, 0.717) is 24.6 Å². The number of nitrogens with zero attached hydrogens (tertiary/aromatic N) is 4. The van der Waals surface area contributed by atoms with E-state index in [1.807, 2.05) is 4.57 Å². The van der Waals surface area contributed by atoms with Crippen LogP contribution in [0.4, 0.5) is 5.69 Å². The summed E-state index contributed by atoms with van der Waals surface area (Å²) < 4.78 is 28.4. The molecule has 0 unspecified atom stereocenters. The number of anilines is 1. The summed E-state index contributed by atoms with van der Waals surface area (Å²) in [5.74, 6) is 0.611. The van der Waals surface area contributed by atoms with Gasteiger partial charge in [0.25, 0.3) is 0 Å². The van der Waals surface area contributed by atoms with Gasteiger partial charge in [0.15, 0.2) is 0 Å². The van der Waals surface area contributed by atoms with Crippen molar-refractivity contribution in [3.05, 3.63) is 35.4 Å². The van der Waals surface area contributed by atoms with Crippen LogP contribution in [0.3, 0.4) is 0 Å². The number of rotatable bonds is 2. The first-order chi connectivity index (χ1) is 9.48. The molecule has 0 aliphatic carbocycles. The van der Waals surface area contributed by atoms with Gasteiger partial charge in [-0.3, -0.25) is 0 Å². The van der Waals surface area contributed by atoms with Crippen LogP contribution in [0.25, 0.3) is 0 Å². The number of sulfonamides is 1. The maximum absolute atomic E-state index is 12.6. The summed E-state index contributed by atoms with van der Waals surface area (Å²) in [6.45, 7) is 1.04. The number of hydrogen-bond donors (Lipinski definition) is 1. The fraction of sp³-hybridized carbons (Fsp3) is 0.273. The minimum Gasteiger partial charge on any atom is -0.399 e. The molecule has 7 nitrogen and oxygen atoms in total. The Balaban J connectivity index is 1.99. The maximum Gasteiger partial charge on any atom is 0.245 e. The van der Waals surface area contributed by atoms with Gasteiger partial charge >= 0.3 is 0 Å². The van der Waals surface area contributed by atoms with E-state index < -0.39 is 10.0 Å². The number of benzene rings is 1. The summed E-state index contributed by atoms with van der Waals surface area (Å²) in [6, 6.07) is 4.42. The number of halogens is 1. The molecule has 3 rings (SSSR count). The Morgan fingerprint density at radius 1 is 1.30 bits per heavy atom. The number of fused-ring (bicyclic) bond motifs is 1. The monoisotopic (exact) mass is 313 g/mol. The highest BCUT2D eigenvalue weighted by Gasteiger charge is 2.30. The molecule has 0 fully saturated rings. The minimum absolute atomic E-state index is 0.0205. The van der Waals surface area contributed by atoms with Gasteiger partial charge in [0, 0.05) is 18.8 Å². The SMILES string of the molecule is Nc1ccc(Cl)c(S(=O)(=O)N2CCn3cnnc3C2)c1. The molecule has 1 aliphatic heterocycles. The van der Waals surface area contributed by atoms with Crippen molar-refractivity contribution in [1.29, 1.82) is 0 Å². The van der Waals surface area contributed by atoms with Gasteiger partial charge in [-0.05, 0) is 18.2 Å². The Hall–Kier alpha value is -1.64. The van der Waals surface area contributed by atoms with Crippen LogP contribution >= 0.6 is 11.6 Å². The Morgan fingerprint density at radius 3 is 2.90 bits per heavy atom. The van der Waals surface area contributed by atoms with Crippen molar-refractivity contribution in [1.82, 2.24) is 19.1 Å². The highest BCUT2D eigenvalue weighted by molar-refractivity contribution is 7.89. The summed E-state index contributed by atoms with van der Waals surface area (Å²) >= 11 is 5.98. The molecule has 1 aromatic carbocycles. The fourth-order valence-electron chi connectivity index (χ4n) is 2.11. The second kappa shape index (κ2) is 4.72. The zero-order valence-corrected chi connectivity index (χ0v) is 12.0. The van der Waals surface area contributed by atoms with E-state index in [4.69, 9.17) is 17.3 Å². The lowest BCUT2D eigenvalue weighted by Crippen LogP contribution is -2.38. The van der Waals surface area contributed by atoms with Gasteiger partial charge in [-0.1, -0.05) is 11.6 Å². The first kappa shape index (κ1) is 13.3. The molecule has 2 heterocycles. The zero-order chi connectivity index (χ0) is 14.3. The molecule has 1 aromatic heterocycles. The molecular formula is C11H12ClN5O2S. The van der Waals surface area contributed by atoms with Crippen molar-refractivity contribution in [2.24, 2.45) is 0 Å². The van der Waals surface area contributed by atoms with E-state index in [1.54, 1.807) is 12.4 Å². The Bertz CT molecular complexity index is 758. The van der Waals surface area contributed by atoms with Crippen LogP contribution in [-0.2, 0) is 23.1 Å². The normalized spacial score (nSPS) is 16.1. The molecule has 0 bridgehead atoms. The first-order valence-corrected chi connectivity index (χ1v) is 7.72. The molecule has 20 heavy (non-hydrogen) atoms. The van der Waals surface area contributed by atoms with E-state index in [2.05, 4.69) is 10.2 Å². The molecule has 0 atom stereocenters. The largest absolute Gasteiger partial charge is 0.399 e. The third-order valence-corrected chi connectivity index (χ3v) is 5.50. The second-order valence-electron chi connectivity index (χ2n) is 4.47. The van der Waals surface area contributed by atoms with Gasteiger partial charge in [-0.25, -0.2) is 8.42 Å². The van der Waals surface area contributed by atoms with Crippen molar-refractivity contribution in [2.75, 3.05) is 12.3 Å². The fourth-order valence-corrected chi connectivity index (χ4v) is 4.00. The van der Waals surface area contributed by atoms with E-state index in [9.17, 15) is 8.42 Å². The van der Waals surface area contributed by atoms with Gasteiger partial charge in [-0.15, -0.1) is 10.2 Å². The number of nitrogens with two attached hydrogens (primary N) is 1. The standard InChI is InChI=1S/C11H12ClN5O2S/c12-9-2-1-8(13)5-10(9)20(18,19)17-4-3-16-7-14-15-11(16)6-17/h1-2,5,7H,3-4,6,13H2. The van der Waals surface area contributed by atoms with Crippen LogP contribution in [0.2, 0.25) is 5.02 Å². The van der Waals surface area contributed by atoms with E-state index in [-0.39, 0.29) is 16.5 Å². The average Bonchev–Trinajstić information content (AvgIpc) is 2.88. The molecule has 0 saturated heterocycles. The molecule has 1 aliphatic rings. The summed E-state index contributed by atoms with van der Waals surface area (Å²) in [6.07, 6.45) is 1.59. The quantitative estimate of drug-likeness (QED) is 0.824. The van der Waals surface area contributed by atoms with E-state index in [1.165, 1.54) is 16.4 Å². The number of nitrogen functional groups attached to an aromatic ring is 1. The highest BCUT2D eigenvalue weighted by atomic mass is 35.5. The van der Waals surface area contributed by atoms with Gasteiger partial charge in [0.2, 0.25) is 10.0 Å². The smallest absolute Gasteiger partial charge is 0.245 e. The highest BCUT2D eigenvalue weighted by Crippen LogP contribution is 2.28. The predicted molar refractivity (Wildman–Crippen MR) is 73.5 cm³/mol.